The molecule has 0 saturated heterocycles. The molecular weight excluding hydrogens is 326 g/mol. The lowest BCUT2D eigenvalue weighted by molar-refractivity contribution is -0.132. The highest BCUT2D eigenvalue weighted by atomic mass is 16.4. The van der Waals surface area contributed by atoms with Gasteiger partial charge in [0, 0.05) is 17.6 Å². The molecule has 0 bridgehead atoms. The third kappa shape index (κ3) is 3.40. The summed E-state index contributed by atoms with van der Waals surface area (Å²) < 4.78 is 0. The third-order valence-electron chi connectivity index (χ3n) is 5.08. The minimum absolute atomic E-state index is 0.132. The van der Waals surface area contributed by atoms with Crippen LogP contribution in [-0.2, 0) is 11.2 Å². The van der Waals surface area contributed by atoms with E-state index in [1.807, 2.05) is 56.3 Å². The number of fused-ring (bicyclic) bond motifs is 1. The normalized spacial score (nSPS) is 19.3. The summed E-state index contributed by atoms with van der Waals surface area (Å²) in [5, 5.41) is 13.0. The van der Waals surface area contributed by atoms with Crippen LogP contribution in [0.4, 0.5) is 0 Å². The summed E-state index contributed by atoms with van der Waals surface area (Å²) in [5.41, 5.74) is 3.28. The maximum atomic E-state index is 12.5. The van der Waals surface area contributed by atoms with Gasteiger partial charge in [0.1, 0.15) is 0 Å². The summed E-state index contributed by atoms with van der Waals surface area (Å²) in [4.78, 5) is 24.7. The van der Waals surface area contributed by atoms with Crippen LogP contribution in [0.25, 0.3) is 5.57 Å². The van der Waals surface area contributed by atoms with Gasteiger partial charge in [0.15, 0.2) is 0 Å². The second-order valence-electron chi connectivity index (χ2n) is 6.74. The summed E-state index contributed by atoms with van der Waals surface area (Å²) in [6.07, 6.45) is 1.16. The van der Waals surface area contributed by atoms with Crippen LogP contribution in [0.3, 0.4) is 0 Å². The van der Waals surface area contributed by atoms with E-state index in [0.29, 0.717) is 17.6 Å². The molecular formula is C22H23NO3. The summed E-state index contributed by atoms with van der Waals surface area (Å²) in [6, 6.07) is 16.5. The lowest BCUT2D eigenvalue weighted by Gasteiger charge is -2.34. The van der Waals surface area contributed by atoms with E-state index in [1.54, 1.807) is 12.1 Å². The highest BCUT2D eigenvalue weighted by Gasteiger charge is 2.34. The predicted octanol–water partition coefficient (Wildman–Crippen LogP) is 3.93. The number of carboxylic acid groups (broad SMARTS) is 1. The van der Waals surface area contributed by atoms with Crippen LogP contribution in [0.5, 0.6) is 0 Å². The van der Waals surface area contributed by atoms with Gasteiger partial charge in [-0.2, -0.15) is 0 Å². The van der Waals surface area contributed by atoms with Crippen LogP contribution in [0.15, 0.2) is 60.2 Å². The first-order chi connectivity index (χ1) is 12.5. The molecule has 0 radical (unpaired) electrons. The Labute approximate surface area is 153 Å². The molecule has 1 unspecified atom stereocenters. The lowest BCUT2D eigenvalue weighted by Crippen LogP contribution is -2.45. The van der Waals surface area contributed by atoms with E-state index in [-0.39, 0.29) is 17.9 Å². The molecule has 2 N–H and O–H groups in total. The van der Waals surface area contributed by atoms with E-state index >= 15 is 0 Å². The van der Waals surface area contributed by atoms with Gasteiger partial charge in [-0.05, 0) is 28.7 Å². The van der Waals surface area contributed by atoms with Gasteiger partial charge in [0.05, 0.1) is 6.04 Å². The van der Waals surface area contributed by atoms with Gasteiger partial charge in [0.25, 0.3) is 5.91 Å². The second kappa shape index (κ2) is 7.56. The maximum absolute atomic E-state index is 12.5. The quantitative estimate of drug-likeness (QED) is 0.804. The van der Waals surface area contributed by atoms with Crippen molar-refractivity contribution >= 4 is 17.4 Å². The van der Waals surface area contributed by atoms with Crippen LogP contribution in [0, 0.1) is 5.92 Å². The monoisotopic (exact) mass is 349 g/mol. The Balaban J connectivity index is 2.22. The zero-order valence-corrected chi connectivity index (χ0v) is 15.0. The fourth-order valence-corrected chi connectivity index (χ4v) is 3.47. The number of nitrogens with one attached hydrogen (secondary N) is 1. The number of hydrogen-bond donors (Lipinski definition) is 2. The average molecular weight is 349 g/mol. The molecule has 0 spiro atoms. The molecule has 3 rings (SSSR count). The Hall–Kier alpha value is -2.88. The van der Waals surface area contributed by atoms with Crippen LogP contribution in [-0.4, -0.2) is 23.0 Å². The van der Waals surface area contributed by atoms with E-state index in [2.05, 4.69) is 5.32 Å². The van der Waals surface area contributed by atoms with E-state index in [9.17, 15) is 14.7 Å². The Bertz CT molecular complexity index is 855. The van der Waals surface area contributed by atoms with Gasteiger partial charge in [-0.1, -0.05) is 68.8 Å². The van der Waals surface area contributed by atoms with E-state index in [4.69, 9.17) is 0 Å². The predicted molar refractivity (Wildman–Crippen MR) is 102 cm³/mol. The SMILES string of the molecule is CCC(C)[C@@H]1NC(=O)c2ccccc2C1=C(Cc1ccccc1)C(=O)O. The van der Waals surface area contributed by atoms with Crippen LogP contribution in [0.1, 0.15) is 41.8 Å². The fraction of sp³-hybridized carbons (Fsp3) is 0.273. The zero-order chi connectivity index (χ0) is 18.7. The molecule has 134 valence electrons. The minimum Gasteiger partial charge on any atom is -0.478 e. The number of carbonyl (C=O) groups is 2. The molecule has 4 heteroatoms. The molecule has 1 amide bonds. The number of rotatable bonds is 5. The van der Waals surface area contributed by atoms with Crippen molar-refractivity contribution in [2.75, 3.05) is 0 Å². The summed E-state index contributed by atoms with van der Waals surface area (Å²) >= 11 is 0. The first kappa shape index (κ1) is 17.9. The van der Waals surface area contributed by atoms with Gasteiger partial charge in [-0.25, -0.2) is 4.79 Å². The number of carboxylic acids is 1. The Morgan fingerprint density at radius 2 is 1.69 bits per heavy atom. The maximum Gasteiger partial charge on any atom is 0.332 e. The zero-order valence-electron chi connectivity index (χ0n) is 15.0. The van der Waals surface area contributed by atoms with Gasteiger partial charge in [-0.3, -0.25) is 4.79 Å². The molecule has 26 heavy (non-hydrogen) atoms. The largest absolute Gasteiger partial charge is 0.478 e. The van der Waals surface area contributed by atoms with Crippen molar-refractivity contribution in [2.45, 2.75) is 32.7 Å². The number of benzene rings is 2. The van der Waals surface area contributed by atoms with Gasteiger partial charge < -0.3 is 10.4 Å². The van der Waals surface area contributed by atoms with E-state index < -0.39 is 5.97 Å². The van der Waals surface area contributed by atoms with Gasteiger partial charge in [-0.15, -0.1) is 0 Å². The van der Waals surface area contributed by atoms with Crippen molar-refractivity contribution in [1.82, 2.24) is 5.32 Å². The van der Waals surface area contributed by atoms with Crippen LogP contribution < -0.4 is 5.32 Å². The highest BCUT2D eigenvalue weighted by molar-refractivity contribution is 6.08. The lowest BCUT2D eigenvalue weighted by atomic mass is 9.79. The molecule has 2 aromatic carbocycles. The minimum atomic E-state index is -0.942. The first-order valence-electron chi connectivity index (χ1n) is 8.93. The molecule has 1 aliphatic heterocycles. The summed E-state index contributed by atoms with van der Waals surface area (Å²) in [5.74, 6) is -0.949. The molecule has 2 aromatic rings. The molecule has 0 aromatic heterocycles. The van der Waals surface area contributed by atoms with E-state index in [1.165, 1.54) is 0 Å². The van der Waals surface area contributed by atoms with Crippen molar-refractivity contribution in [3.05, 3.63) is 76.9 Å². The second-order valence-corrected chi connectivity index (χ2v) is 6.74. The Kier molecular flexibility index (Phi) is 5.21. The molecule has 4 nitrogen and oxygen atoms in total. The Morgan fingerprint density at radius 1 is 1.08 bits per heavy atom. The van der Waals surface area contributed by atoms with Crippen LogP contribution >= 0.6 is 0 Å². The standard InChI is InChI=1S/C22H23NO3/c1-3-14(2)20-19(16-11-7-8-12-17(16)21(24)23-20)18(22(25)26)13-15-9-5-4-6-10-15/h4-12,14,20H,3,13H2,1-2H3,(H,23,24)(H,25,26)/t14?,20-/m0/s1. The van der Waals surface area contributed by atoms with Crippen molar-refractivity contribution < 1.29 is 14.7 Å². The summed E-state index contributed by atoms with van der Waals surface area (Å²) in [7, 11) is 0. The number of hydrogen-bond acceptors (Lipinski definition) is 2. The first-order valence-corrected chi connectivity index (χ1v) is 8.93. The third-order valence-corrected chi connectivity index (χ3v) is 5.08. The fourth-order valence-electron chi connectivity index (χ4n) is 3.47. The highest BCUT2D eigenvalue weighted by Crippen LogP contribution is 2.35. The molecule has 1 aliphatic rings. The van der Waals surface area contributed by atoms with Crippen LogP contribution in [0.2, 0.25) is 0 Å². The van der Waals surface area contributed by atoms with Crippen molar-refractivity contribution in [1.29, 1.82) is 0 Å². The molecule has 0 saturated carbocycles. The van der Waals surface area contributed by atoms with Crippen molar-refractivity contribution in [3.63, 3.8) is 0 Å². The van der Waals surface area contributed by atoms with Gasteiger partial charge in [0.2, 0.25) is 0 Å². The molecule has 0 fully saturated rings. The van der Waals surface area contributed by atoms with Crippen molar-refractivity contribution in [3.8, 4) is 0 Å². The number of aliphatic carboxylic acids is 1. The van der Waals surface area contributed by atoms with Crippen molar-refractivity contribution in [2.24, 2.45) is 5.92 Å². The average Bonchev–Trinajstić information content (AvgIpc) is 2.66. The Morgan fingerprint density at radius 3 is 2.31 bits per heavy atom. The number of carbonyl (C=O) groups excluding carboxylic acids is 1. The summed E-state index contributed by atoms with van der Waals surface area (Å²) in [6.45, 7) is 4.09. The topological polar surface area (TPSA) is 66.4 Å². The molecule has 0 aliphatic carbocycles. The molecule has 2 atom stereocenters. The van der Waals surface area contributed by atoms with E-state index in [0.717, 1.165) is 23.1 Å². The molecule has 1 heterocycles. The van der Waals surface area contributed by atoms with Gasteiger partial charge >= 0.3 is 5.97 Å². The number of amides is 1. The smallest absolute Gasteiger partial charge is 0.332 e.